The van der Waals surface area contributed by atoms with Crippen LogP contribution in [-0.4, -0.2) is 6.71 Å². The zero-order valence-corrected chi connectivity index (χ0v) is 38.6. The molecule has 0 fully saturated rings. The molecule has 7 aromatic carbocycles. The van der Waals surface area contributed by atoms with Crippen molar-refractivity contribution in [2.75, 3.05) is 9.80 Å². The minimum Gasteiger partial charge on any atom is -0.464 e. The first-order valence-corrected chi connectivity index (χ1v) is 22.8. The molecule has 0 aliphatic carbocycles. The first-order valence-electron chi connectivity index (χ1n) is 22.8. The van der Waals surface area contributed by atoms with Gasteiger partial charge in [-0.25, -0.2) is 0 Å². The maximum absolute atomic E-state index is 7.28. The number of anilines is 6. The van der Waals surface area contributed by atoms with E-state index < -0.39 is 0 Å². The molecule has 0 N–H and O–H groups in total. The lowest BCUT2D eigenvalue weighted by Gasteiger charge is -2.43. The van der Waals surface area contributed by atoms with Crippen LogP contribution in [0, 0.1) is 20.8 Å². The van der Waals surface area contributed by atoms with Gasteiger partial charge in [-0.3, -0.25) is 4.90 Å². The lowest BCUT2D eigenvalue weighted by molar-refractivity contribution is 0.589. The molecule has 3 aromatic heterocycles. The van der Waals surface area contributed by atoms with Crippen molar-refractivity contribution in [3.05, 3.63) is 174 Å². The van der Waals surface area contributed by atoms with Gasteiger partial charge in [-0.15, -0.1) is 0 Å². The van der Waals surface area contributed by atoms with Gasteiger partial charge < -0.3 is 18.2 Å². The van der Waals surface area contributed by atoms with Crippen LogP contribution in [0.25, 0.3) is 55.2 Å². The van der Waals surface area contributed by atoms with Crippen molar-refractivity contribution in [3.8, 4) is 22.3 Å². The highest BCUT2D eigenvalue weighted by Crippen LogP contribution is 2.49. The molecule has 0 atom stereocenters. The lowest BCUT2D eigenvalue weighted by Crippen LogP contribution is -2.61. The summed E-state index contributed by atoms with van der Waals surface area (Å²) < 4.78 is 19.5. The van der Waals surface area contributed by atoms with Gasteiger partial charge in [-0.2, -0.15) is 0 Å². The zero-order valence-electron chi connectivity index (χ0n) is 38.6. The number of hydrogen-bond donors (Lipinski definition) is 0. The van der Waals surface area contributed by atoms with E-state index in [-0.39, 0.29) is 17.5 Å². The quantitative estimate of drug-likeness (QED) is 0.165. The van der Waals surface area contributed by atoms with E-state index in [0.29, 0.717) is 0 Å². The molecule has 2 aliphatic rings. The van der Waals surface area contributed by atoms with E-state index in [0.717, 1.165) is 83.8 Å². The molecular weight excluding hydrogens is 795 g/mol. The summed E-state index contributed by atoms with van der Waals surface area (Å²) >= 11 is 0. The summed E-state index contributed by atoms with van der Waals surface area (Å²) in [5.74, 6) is 0.880. The number of furan rings is 3. The fraction of sp³-hybridized carbons (Fsp3) is 0.186. The van der Waals surface area contributed by atoms with Gasteiger partial charge in [-0.1, -0.05) is 120 Å². The summed E-state index contributed by atoms with van der Waals surface area (Å²) in [6.07, 6.45) is 3.79. The van der Waals surface area contributed by atoms with Crippen LogP contribution in [0.1, 0.15) is 69.4 Å². The van der Waals surface area contributed by atoms with Crippen molar-refractivity contribution in [3.63, 3.8) is 0 Å². The molecule has 5 heterocycles. The predicted molar refractivity (Wildman–Crippen MR) is 272 cm³/mol. The molecule has 0 saturated heterocycles. The Kier molecular flexibility index (Phi) is 8.44. The number of benzene rings is 7. The first-order chi connectivity index (χ1) is 31.2. The Balaban J connectivity index is 1.16. The van der Waals surface area contributed by atoms with E-state index >= 15 is 0 Å². The minimum atomic E-state index is -0.140. The molecule has 0 unspecified atom stereocenters. The summed E-state index contributed by atoms with van der Waals surface area (Å²) in [6, 6.07) is 48.9. The topological polar surface area (TPSA) is 45.9 Å². The van der Waals surface area contributed by atoms with Crippen molar-refractivity contribution in [1.82, 2.24) is 0 Å². The summed E-state index contributed by atoms with van der Waals surface area (Å²) in [5.41, 5.74) is 22.6. The summed E-state index contributed by atoms with van der Waals surface area (Å²) in [4.78, 5) is 4.94. The maximum Gasteiger partial charge on any atom is 0.257 e. The van der Waals surface area contributed by atoms with Crippen LogP contribution in [0.4, 0.5) is 34.3 Å². The fourth-order valence-electron chi connectivity index (χ4n) is 10.7. The molecule has 0 spiro atoms. The van der Waals surface area contributed by atoms with Crippen molar-refractivity contribution in [2.24, 2.45) is 0 Å². The highest BCUT2D eigenvalue weighted by molar-refractivity contribution is 7.01. The number of aryl methyl sites for hydroxylation is 3. The van der Waals surface area contributed by atoms with Crippen LogP contribution in [0.15, 0.2) is 159 Å². The van der Waals surface area contributed by atoms with E-state index in [1.54, 1.807) is 0 Å². The highest BCUT2D eigenvalue weighted by Gasteiger charge is 2.47. The largest absolute Gasteiger partial charge is 0.464 e. The molecule has 10 aromatic rings. The Bertz CT molecular complexity index is 3550. The Hall–Kier alpha value is -7.18. The Morgan fingerprint density at radius 1 is 0.477 bits per heavy atom. The standard InChI is InChI=1S/C59H51BN2O3/c1-34-26-49-55-50(27-34)62(56-35(2)28-40(29-36(56)3)59(7,8)9)57-54(44-31-39(58(4,5)6)21-25-53(44)65-57)60(55)47-30-38(46-33-64-52-17-13-11-15-43(46)52)20-24-48(47)61(49)41-22-18-37(19-23-41)45-32-63-51-16-12-10-14-42(45)51/h10-33H,1-9H3. The molecule has 6 heteroatoms. The van der Waals surface area contributed by atoms with Gasteiger partial charge in [0.1, 0.15) is 16.7 Å². The van der Waals surface area contributed by atoms with Gasteiger partial charge in [0.15, 0.2) is 0 Å². The van der Waals surface area contributed by atoms with Crippen LogP contribution in [-0.2, 0) is 10.8 Å². The normalized spacial score (nSPS) is 13.5. The van der Waals surface area contributed by atoms with Crippen LogP contribution in [0.3, 0.4) is 0 Å². The number of para-hydroxylation sites is 2. The van der Waals surface area contributed by atoms with Crippen LogP contribution in [0.2, 0.25) is 0 Å². The molecule has 318 valence electrons. The first kappa shape index (κ1) is 39.4. The fourth-order valence-corrected chi connectivity index (χ4v) is 10.7. The van der Waals surface area contributed by atoms with Gasteiger partial charge in [0.25, 0.3) is 6.71 Å². The average Bonchev–Trinajstić information content (AvgIpc) is 4.02. The third kappa shape index (κ3) is 5.99. The summed E-state index contributed by atoms with van der Waals surface area (Å²) in [7, 11) is 0. The van der Waals surface area contributed by atoms with Gasteiger partial charge >= 0.3 is 0 Å². The van der Waals surface area contributed by atoms with Gasteiger partial charge in [0.2, 0.25) is 5.88 Å². The predicted octanol–water partition coefficient (Wildman–Crippen LogP) is 14.9. The number of rotatable bonds is 4. The molecule has 0 amide bonds. The van der Waals surface area contributed by atoms with E-state index in [9.17, 15) is 0 Å². The smallest absolute Gasteiger partial charge is 0.257 e. The zero-order chi connectivity index (χ0) is 44.7. The molecule has 2 aliphatic heterocycles. The Morgan fingerprint density at radius 2 is 1.06 bits per heavy atom. The van der Waals surface area contributed by atoms with E-state index in [4.69, 9.17) is 13.3 Å². The molecule has 65 heavy (non-hydrogen) atoms. The van der Waals surface area contributed by atoms with Gasteiger partial charge in [0.05, 0.1) is 18.2 Å². The Labute approximate surface area is 381 Å². The number of nitrogens with zero attached hydrogens (tertiary/aromatic N) is 2. The molecule has 0 radical (unpaired) electrons. The maximum atomic E-state index is 7.28. The lowest BCUT2D eigenvalue weighted by atomic mass is 9.33. The summed E-state index contributed by atoms with van der Waals surface area (Å²) in [6.45, 7) is 20.4. The second kappa shape index (κ2) is 13.9. The number of hydrogen-bond acceptors (Lipinski definition) is 5. The third-order valence-electron chi connectivity index (χ3n) is 14.0. The second-order valence-corrected chi connectivity index (χ2v) is 20.4. The van der Waals surface area contributed by atoms with Crippen LogP contribution < -0.4 is 26.2 Å². The second-order valence-electron chi connectivity index (χ2n) is 20.4. The van der Waals surface area contributed by atoms with Gasteiger partial charge in [0, 0.05) is 55.5 Å². The average molecular weight is 847 g/mol. The van der Waals surface area contributed by atoms with E-state index in [2.05, 4.69) is 181 Å². The highest BCUT2D eigenvalue weighted by atomic mass is 16.4. The minimum absolute atomic E-state index is 0.0000861. The molecule has 5 nitrogen and oxygen atoms in total. The Morgan fingerprint density at radius 3 is 1.69 bits per heavy atom. The van der Waals surface area contributed by atoms with Crippen molar-refractivity contribution in [1.29, 1.82) is 0 Å². The number of fused-ring (bicyclic) bond motifs is 8. The SMILES string of the molecule is Cc1cc2c3c(c1)N(c1c(C)cc(C(C)(C)C)cc1C)c1oc4ccc(C(C)(C)C)cc4c1B3c1cc(-c3coc4ccccc34)ccc1N2c1ccc(-c2coc3ccccc23)cc1. The third-order valence-corrected chi connectivity index (χ3v) is 14.0. The van der Waals surface area contributed by atoms with Crippen LogP contribution in [0.5, 0.6) is 0 Å². The monoisotopic (exact) mass is 846 g/mol. The summed E-state index contributed by atoms with van der Waals surface area (Å²) in [5, 5.41) is 3.36. The van der Waals surface area contributed by atoms with Crippen molar-refractivity contribution >= 4 is 90.3 Å². The molecule has 0 saturated carbocycles. The van der Waals surface area contributed by atoms with Crippen molar-refractivity contribution in [2.45, 2.75) is 73.1 Å². The van der Waals surface area contributed by atoms with E-state index in [1.807, 2.05) is 36.8 Å². The molecular formula is C59H51BN2O3. The van der Waals surface area contributed by atoms with Crippen LogP contribution >= 0.6 is 0 Å². The molecule has 12 rings (SSSR count). The molecule has 0 bridgehead atoms. The van der Waals surface area contributed by atoms with E-state index in [1.165, 1.54) is 49.9 Å². The van der Waals surface area contributed by atoms with Crippen molar-refractivity contribution < 1.29 is 13.3 Å². The van der Waals surface area contributed by atoms with Gasteiger partial charge in [-0.05, 0) is 136 Å².